The van der Waals surface area contributed by atoms with Crippen LogP contribution in [0.2, 0.25) is 0 Å². The summed E-state index contributed by atoms with van der Waals surface area (Å²) >= 11 is 3.38. The summed E-state index contributed by atoms with van der Waals surface area (Å²) in [5.74, 6) is 0.185. The molecule has 0 bridgehead atoms. The summed E-state index contributed by atoms with van der Waals surface area (Å²) in [5.41, 5.74) is 0.779. The summed E-state index contributed by atoms with van der Waals surface area (Å²) in [7, 11) is 2.01. The van der Waals surface area contributed by atoms with Crippen molar-refractivity contribution >= 4 is 21.7 Å². The quantitative estimate of drug-likeness (QED) is 0.564. The number of unbranched alkanes of at least 4 members (excludes halogenated alkanes) is 2. The number of rotatable bonds is 7. The third-order valence-electron chi connectivity index (χ3n) is 2.70. The highest BCUT2D eigenvalue weighted by Crippen LogP contribution is 2.12. The highest BCUT2D eigenvalue weighted by molar-refractivity contribution is 9.10. The molecule has 0 aliphatic heterocycles. The van der Waals surface area contributed by atoms with E-state index in [0.29, 0.717) is 6.54 Å². The van der Waals surface area contributed by atoms with Gasteiger partial charge in [-0.1, -0.05) is 47.8 Å². The van der Waals surface area contributed by atoms with Crippen molar-refractivity contribution in [1.82, 2.24) is 4.90 Å². The minimum absolute atomic E-state index is 0.185. The first-order valence-electron chi connectivity index (χ1n) is 6.10. The van der Waals surface area contributed by atoms with Crippen molar-refractivity contribution < 1.29 is 4.79 Å². The second-order valence-corrected chi connectivity index (χ2v) is 5.29. The number of hydrogen-bond acceptors (Lipinski definition) is 2. The summed E-state index contributed by atoms with van der Waals surface area (Å²) in [6, 6.07) is 7.57. The summed E-state index contributed by atoms with van der Waals surface area (Å²) in [5, 5.41) is 0. The molecule has 1 aromatic rings. The molecule has 0 atom stereocenters. The highest BCUT2D eigenvalue weighted by atomic mass is 79.9. The molecule has 3 heteroatoms. The van der Waals surface area contributed by atoms with Gasteiger partial charge in [0.15, 0.2) is 5.78 Å². The molecule has 0 spiro atoms. The molecule has 0 saturated heterocycles. The number of halogens is 1. The normalized spacial score (nSPS) is 10.8. The molecule has 0 aromatic heterocycles. The fraction of sp³-hybridized carbons (Fsp3) is 0.500. The van der Waals surface area contributed by atoms with Crippen LogP contribution in [0, 0.1) is 0 Å². The molecule has 0 amide bonds. The van der Waals surface area contributed by atoms with Crippen LogP contribution in [0.15, 0.2) is 28.7 Å². The van der Waals surface area contributed by atoms with Gasteiger partial charge < -0.3 is 0 Å². The SMILES string of the molecule is CCCCCN(C)CC(=O)c1cccc(Br)c1. The number of carbonyl (C=O) groups is 1. The molecule has 94 valence electrons. The van der Waals surface area contributed by atoms with E-state index in [1.165, 1.54) is 19.3 Å². The van der Waals surface area contributed by atoms with Gasteiger partial charge in [-0.05, 0) is 32.1 Å². The summed E-state index contributed by atoms with van der Waals surface area (Å²) in [4.78, 5) is 14.1. The van der Waals surface area contributed by atoms with Crippen LogP contribution in [0.3, 0.4) is 0 Å². The number of benzene rings is 1. The van der Waals surface area contributed by atoms with Gasteiger partial charge in [0.1, 0.15) is 0 Å². The molecule has 0 aliphatic carbocycles. The smallest absolute Gasteiger partial charge is 0.176 e. The van der Waals surface area contributed by atoms with E-state index < -0.39 is 0 Å². The van der Waals surface area contributed by atoms with Gasteiger partial charge in [-0.25, -0.2) is 0 Å². The molecule has 1 rings (SSSR count). The first-order chi connectivity index (χ1) is 8.13. The van der Waals surface area contributed by atoms with Crippen molar-refractivity contribution in [2.75, 3.05) is 20.1 Å². The predicted molar refractivity (Wildman–Crippen MR) is 75.5 cm³/mol. The lowest BCUT2D eigenvalue weighted by atomic mass is 10.1. The lowest BCUT2D eigenvalue weighted by Gasteiger charge is -2.15. The molecule has 0 N–H and O–H groups in total. The van der Waals surface area contributed by atoms with E-state index in [2.05, 4.69) is 27.8 Å². The molecule has 0 heterocycles. The number of carbonyl (C=O) groups excluding carboxylic acids is 1. The minimum Gasteiger partial charge on any atom is -0.299 e. The monoisotopic (exact) mass is 297 g/mol. The van der Waals surface area contributed by atoms with Gasteiger partial charge in [0.25, 0.3) is 0 Å². The fourth-order valence-electron chi connectivity index (χ4n) is 1.71. The zero-order valence-corrected chi connectivity index (χ0v) is 12.2. The van der Waals surface area contributed by atoms with Crippen LogP contribution >= 0.6 is 15.9 Å². The van der Waals surface area contributed by atoms with Gasteiger partial charge in [0, 0.05) is 10.0 Å². The van der Waals surface area contributed by atoms with E-state index in [1.807, 2.05) is 31.3 Å². The maximum absolute atomic E-state index is 12.0. The Balaban J connectivity index is 2.43. The van der Waals surface area contributed by atoms with Crippen molar-refractivity contribution in [3.63, 3.8) is 0 Å². The third-order valence-corrected chi connectivity index (χ3v) is 3.20. The minimum atomic E-state index is 0.185. The van der Waals surface area contributed by atoms with Gasteiger partial charge in [-0.15, -0.1) is 0 Å². The molecular weight excluding hydrogens is 278 g/mol. The third kappa shape index (κ3) is 5.46. The van der Waals surface area contributed by atoms with Crippen LogP contribution in [0.4, 0.5) is 0 Å². The van der Waals surface area contributed by atoms with E-state index in [-0.39, 0.29) is 5.78 Å². The van der Waals surface area contributed by atoms with Gasteiger partial charge in [0.05, 0.1) is 6.54 Å². The Bertz CT molecular complexity index is 365. The Kier molecular flexibility index (Phi) is 6.45. The molecular formula is C14H20BrNO. The van der Waals surface area contributed by atoms with Crippen LogP contribution in [-0.4, -0.2) is 30.8 Å². The maximum atomic E-state index is 12.0. The Morgan fingerprint density at radius 2 is 2.12 bits per heavy atom. The van der Waals surface area contributed by atoms with Crippen molar-refractivity contribution in [2.24, 2.45) is 0 Å². The Labute approximate surface area is 112 Å². The van der Waals surface area contributed by atoms with E-state index in [9.17, 15) is 4.79 Å². The molecule has 0 radical (unpaired) electrons. The van der Waals surface area contributed by atoms with E-state index in [0.717, 1.165) is 16.6 Å². The van der Waals surface area contributed by atoms with Crippen LogP contribution in [0.5, 0.6) is 0 Å². The average Bonchev–Trinajstić information content (AvgIpc) is 2.29. The van der Waals surface area contributed by atoms with Crippen molar-refractivity contribution in [1.29, 1.82) is 0 Å². The average molecular weight is 298 g/mol. The number of nitrogens with zero attached hydrogens (tertiary/aromatic N) is 1. The molecule has 2 nitrogen and oxygen atoms in total. The first kappa shape index (κ1) is 14.4. The van der Waals surface area contributed by atoms with Gasteiger partial charge in [-0.2, -0.15) is 0 Å². The van der Waals surface area contributed by atoms with Crippen molar-refractivity contribution in [3.05, 3.63) is 34.3 Å². The molecule has 1 aromatic carbocycles. The predicted octanol–water partition coefficient (Wildman–Crippen LogP) is 3.75. The van der Waals surface area contributed by atoms with Crippen LogP contribution in [-0.2, 0) is 0 Å². The van der Waals surface area contributed by atoms with Crippen LogP contribution in [0.1, 0.15) is 36.5 Å². The van der Waals surface area contributed by atoms with Crippen LogP contribution < -0.4 is 0 Å². The summed E-state index contributed by atoms with van der Waals surface area (Å²) in [6.07, 6.45) is 3.61. The topological polar surface area (TPSA) is 20.3 Å². The zero-order chi connectivity index (χ0) is 12.7. The standard InChI is InChI=1S/C14H20BrNO/c1-3-4-5-9-16(2)11-14(17)12-7-6-8-13(15)10-12/h6-8,10H,3-5,9,11H2,1-2H3. The molecule has 17 heavy (non-hydrogen) atoms. The summed E-state index contributed by atoms with van der Waals surface area (Å²) in [6.45, 7) is 3.68. The van der Waals surface area contributed by atoms with Gasteiger partial charge in [-0.3, -0.25) is 9.69 Å². The van der Waals surface area contributed by atoms with Crippen molar-refractivity contribution in [2.45, 2.75) is 26.2 Å². The van der Waals surface area contributed by atoms with Crippen molar-refractivity contribution in [3.8, 4) is 0 Å². The number of ketones is 1. The first-order valence-corrected chi connectivity index (χ1v) is 6.90. The Hall–Kier alpha value is -0.670. The molecule has 0 aliphatic rings. The van der Waals surface area contributed by atoms with Gasteiger partial charge >= 0.3 is 0 Å². The largest absolute Gasteiger partial charge is 0.299 e. The number of hydrogen-bond donors (Lipinski definition) is 0. The molecule has 0 unspecified atom stereocenters. The van der Waals surface area contributed by atoms with Gasteiger partial charge in [0.2, 0.25) is 0 Å². The summed E-state index contributed by atoms with van der Waals surface area (Å²) < 4.78 is 0.956. The molecule has 0 fully saturated rings. The lowest BCUT2D eigenvalue weighted by Crippen LogP contribution is -2.27. The number of likely N-dealkylation sites (N-methyl/N-ethyl adjacent to an activating group) is 1. The fourth-order valence-corrected chi connectivity index (χ4v) is 2.11. The van der Waals surface area contributed by atoms with E-state index in [1.54, 1.807) is 0 Å². The molecule has 0 saturated carbocycles. The maximum Gasteiger partial charge on any atom is 0.176 e. The lowest BCUT2D eigenvalue weighted by molar-refractivity contribution is 0.0945. The second kappa shape index (κ2) is 7.62. The highest BCUT2D eigenvalue weighted by Gasteiger charge is 2.09. The van der Waals surface area contributed by atoms with E-state index in [4.69, 9.17) is 0 Å². The Morgan fingerprint density at radius 1 is 1.35 bits per heavy atom. The number of Topliss-reactive ketones (excluding diaryl/α,β-unsaturated/α-hetero) is 1. The zero-order valence-electron chi connectivity index (χ0n) is 10.6. The second-order valence-electron chi connectivity index (χ2n) is 4.38. The Morgan fingerprint density at radius 3 is 2.76 bits per heavy atom. The van der Waals surface area contributed by atoms with Crippen LogP contribution in [0.25, 0.3) is 0 Å². The van der Waals surface area contributed by atoms with E-state index >= 15 is 0 Å².